The van der Waals surface area contributed by atoms with Crippen LogP contribution in [0, 0.1) is 0 Å². The number of ether oxygens (including phenoxy) is 3. The molecule has 0 bridgehead atoms. The molecule has 0 spiro atoms. The lowest BCUT2D eigenvalue weighted by Crippen LogP contribution is -2.18. The topological polar surface area (TPSA) is 86.2 Å². The fourth-order valence-electron chi connectivity index (χ4n) is 2.65. The third kappa shape index (κ3) is 5.70. The molecule has 0 saturated carbocycles. The molecule has 7 nitrogen and oxygen atoms in total. The first-order chi connectivity index (χ1) is 15.0. The van der Waals surface area contributed by atoms with Gasteiger partial charge in [0.15, 0.2) is 11.5 Å². The molecule has 0 aliphatic rings. The van der Waals surface area contributed by atoms with Gasteiger partial charge < -0.3 is 14.2 Å². The van der Waals surface area contributed by atoms with E-state index in [9.17, 15) is 9.59 Å². The molecule has 0 aliphatic heterocycles. The van der Waals surface area contributed by atoms with E-state index in [1.807, 2.05) is 6.07 Å². The monoisotopic (exact) mass is 482 g/mol. The van der Waals surface area contributed by atoms with Gasteiger partial charge in [-0.05, 0) is 48.5 Å². The highest BCUT2D eigenvalue weighted by Crippen LogP contribution is 2.27. The smallest absolute Gasteiger partial charge is 0.343 e. The molecule has 3 aromatic rings. The number of carbonyl (C=O) groups is 2. The van der Waals surface area contributed by atoms with E-state index in [2.05, 4.69) is 26.5 Å². The number of methoxy groups -OCH3 is 2. The summed E-state index contributed by atoms with van der Waals surface area (Å²) >= 11 is 3.38. The highest BCUT2D eigenvalue weighted by molar-refractivity contribution is 9.10. The van der Waals surface area contributed by atoms with Crippen LogP contribution in [0.3, 0.4) is 0 Å². The average molecular weight is 483 g/mol. The van der Waals surface area contributed by atoms with Gasteiger partial charge in [0.05, 0.1) is 26.0 Å². The second-order valence-corrected chi connectivity index (χ2v) is 7.12. The van der Waals surface area contributed by atoms with Crippen LogP contribution in [0.4, 0.5) is 0 Å². The molecular weight excluding hydrogens is 464 g/mol. The van der Waals surface area contributed by atoms with E-state index < -0.39 is 11.9 Å². The van der Waals surface area contributed by atoms with Gasteiger partial charge in [0, 0.05) is 15.6 Å². The summed E-state index contributed by atoms with van der Waals surface area (Å²) in [7, 11) is 3.01. The molecule has 31 heavy (non-hydrogen) atoms. The zero-order valence-electron chi connectivity index (χ0n) is 16.8. The van der Waals surface area contributed by atoms with Crippen molar-refractivity contribution in [2.45, 2.75) is 0 Å². The quantitative estimate of drug-likeness (QED) is 0.232. The van der Waals surface area contributed by atoms with E-state index in [1.165, 1.54) is 20.4 Å². The predicted molar refractivity (Wildman–Crippen MR) is 120 cm³/mol. The molecule has 0 unspecified atom stereocenters. The molecule has 0 saturated heterocycles. The number of halogens is 1. The number of hydrogen-bond donors (Lipinski definition) is 1. The third-order valence-electron chi connectivity index (χ3n) is 4.20. The van der Waals surface area contributed by atoms with Gasteiger partial charge in [-0.3, -0.25) is 4.79 Å². The zero-order chi connectivity index (χ0) is 22.2. The van der Waals surface area contributed by atoms with Crippen molar-refractivity contribution in [3.8, 4) is 17.2 Å². The Hall–Kier alpha value is -3.65. The largest absolute Gasteiger partial charge is 0.493 e. The number of benzene rings is 3. The Kier molecular flexibility index (Phi) is 7.40. The summed E-state index contributed by atoms with van der Waals surface area (Å²) in [6.07, 6.45) is 1.40. The number of rotatable bonds is 7. The molecule has 0 fully saturated rings. The van der Waals surface area contributed by atoms with Crippen LogP contribution in [0.2, 0.25) is 0 Å². The van der Waals surface area contributed by atoms with Crippen molar-refractivity contribution in [1.82, 2.24) is 5.43 Å². The molecule has 158 valence electrons. The van der Waals surface area contributed by atoms with Gasteiger partial charge in [0.1, 0.15) is 5.75 Å². The molecule has 0 aromatic heterocycles. The highest BCUT2D eigenvalue weighted by atomic mass is 79.9. The summed E-state index contributed by atoms with van der Waals surface area (Å²) in [5, 5.41) is 3.99. The maximum atomic E-state index is 12.4. The summed E-state index contributed by atoms with van der Waals surface area (Å²) in [6.45, 7) is 0. The first-order valence-electron chi connectivity index (χ1n) is 9.14. The molecule has 3 aromatic carbocycles. The number of nitrogens with zero attached hydrogens (tertiary/aromatic N) is 1. The van der Waals surface area contributed by atoms with Crippen molar-refractivity contribution >= 4 is 34.0 Å². The number of esters is 1. The first-order valence-corrected chi connectivity index (χ1v) is 9.93. The summed E-state index contributed by atoms with van der Waals surface area (Å²) in [4.78, 5) is 24.8. The van der Waals surface area contributed by atoms with E-state index in [-0.39, 0.29) is 0 Å². The van der Waals surface area contributed by atoms with Gasteiger partial charge in [-0.1, -0.05) is 34.1 Å². The molecular formula is C23H19BrN2O5. The lowest BCUT2D eigenvalue weighted by atomic mass is 10.2. The summed E-state index contributed by atoms with van der Waals surface area (Å²) in [6, 6.07) is 18.5. The van der Waals surface area contributed by atoms with E-state index in [4.69, 9.17) is 14.2 Å². The normalized spacial score (nSPS) is 10.5. The Morgan fingerprint density at radius 3 is 2.29 bits per heavy atom. The molecule has 0 atom stereocenters. The minimum atomic E-state index is -0.494. The van der Waals surface area contributed by atoms with Gasteiger partial charge in [0.25, 0.3) is 5.91 Å². The number of hydrazone groups is 1. The Balaban J connectivity index is 1.74. The molecule has 1 N–H and O–H groups in total. The van der Waals surface area contributed by atoms with E-state index in [0.29, 0.717) is 33.9 Å². The fourth-order valence-corrected chi connectivity index (χ4v) is 3.03. The minimum Gasteiger partial charge on any atom is -0.493 e. The summed E-state index contributed by atoms with van der Waals surface area (Å²) in [5.74, 6) is 0.325. The second kappa shape index (κ2) is 10.4. The summed E-state index contributed by atoms with van der Waals surface area (Å²) < 4.78 is 16.6. The number of amides is 1. The van der Waals surface area contributed by atoms with E-state index >= 15 is 0 Å². The number of nitrogens with one attached hydrogen (secondary N) is 1. The second-order valence-electron chi connectivity index (χ2n) is 6.21. The maximum absolute atomic E-state index is 12.4. The number of hydrogen-bond acceptors (Lipinski definition) is 6. The molecule has 0 heterocycles. The Morgan fingerprint density at radius 1 is 0.871 bits per heavy atom. The van der Waals surface area contributed by atoms with Crippen molar-refractivity contribution in [3.05, 3.63) is 87.9 Å². The van der Waals surface area contributed by atoms with Crippen molar-refractivity contribution in [1.29, 1.82) is 0 Å². The number of carbonyl (C=O) groups excluding carboxylic acids is 2. The van der Waals surface area contributed by atoms with Crippen LogP contribution in [-0.2, 0) is 0 Å². The standard InChI is InChI=1S/C23H19BrN2O5/c1-29-20-10-8-16(13-21(20)30-2)22(27)26-25-14-17-12-18(24)9-11-19(17)31-23(28)15-6-4-3-5-7-15/h3-14H,1-2H3,(H,26,27). The molecule has 0 aliphatic carbocycles. The van der Waals surface area contributed by atoms with Crippen LogP contribution >= 0.6 is 15.9 Å². The van der Waals surface area contributed by atoms with Crippen LogP contribution in [-0.4, -0.2) is 32.3 Å². The highest BCUT2D eigenvalue weighted by Gasteiger charge is 2.12. The molecule has 1 amide bonds. The Labute approximate surface area is 187 Å². The van der Waals surface area contributed by atoms with Crippen molar-refractivity contribution < 1.29 is 23.8 Å². The summed E-state index contributed by atoms with van der Waals surface area (Å²) in [5.41, 5.74) is 3.73. The van der Waals surface area contributed by atoms with Crippen LogP contribution in [0.1, 0.15) is 26.3 Å². The van der Waals surface area contributed by atoms with Gasteiger partial charge in [0.2, 0.25) is 0 Å². The van der Waals surface area contributed by atoms with E-state index in [1.54, 1.807) is 60.7 Å². The van der Waals surface area contributed by atoms with Crippen LogP contribution in [0.15, 0.2) is 76.3 Å². The van der Waals surface area contributed by atoms with Gasteiger partial charge in [-0.2, -0.15) is 5.10 Å². The lowest BCUT2D eigenvalue weighted by molar-refractivity contribution is 0.0734. The Morgan fingerprint density at radius 2 is 1.58 bits per heavy atom. The average Bonchev–Trinajstić information content (AvgIpc) is 2.80. The zero-order valence-corrected chi connectivity index (χ0v) is 18.4. The van der Waals surface area contributed by atoms with Crippen molar-refractivity contribution in [2.24, 2.45) is 5.10 Å². The fraction of sp³-hybridized carbons (Fsp3) is 0.0870. The lowest BCUT2D eigenvalue weighted by Gasteiger charge is -2.09. The van der Waals surface area contributed by atoms with Crippen LogP contribution in [0.5, 0.6) is 17.2 Å². The van der Waals surface area contributed by atoms with Gasteiger partial charge in [-0.25, -0.2) is 10.2 Å². The van der Waals surface area contributed by atoms with Crippen LogP contribution < -0.4 is 19.6 Å². The SMILES string of the molecule is COc1ccc(C(=O)NN=Cc2cc(Br)ccc2OC(=O)c2ccccc2)cc1OC. The molecule has 3 rings (SSSR count). The van der Waals surface area contributed by atoms with Gasteiger partial charge in [-0.15, -0.1) is 0 Å². The third-order valence-corrected chi connectivity index (χ3v) is 4.69. The van der Waals surface area contributed by atoms with Crippen molar-refractivity contribution in [3.63, 3.8) is 0 Å². The first kappa shape index (κ1) is 22.0. The van der Waals surface area contributed by atoms with Crippen molar-refractivity contribution in [2.75, 3.05) is 14.2 Å². The van der Waals surface area contributed by atoms with Gasteiger partial charge >= 0.3 is 5.97 Å². The minimum absolute atomic E-state index is 0.307. The molecule has 8 heteroatoms. The Bertz CT molecular complexity index is 1120. The molecule has 0 radical (unpaired) electrons. The van der Waals surface area contributed by atoms with Crippen LogP contribution in [0.25, 0.3) is 0 Å². The maximum Gasteiger partial charge on any atom is 0.343 e. The van der Waals surface area contributed by atoms with E-state index in [0.717, 1.165) is 4.47 Å². The predicted octanol–water partition coefficient (Wildman–Crippen LogP) is 4.45.